The molecule has 1 aromatic heterocycles. The number of rotatable bonds is 3. The van der Waals surface area contributed by atoms with Gasteiger partial charge in [0, 0.05) is 18.3 Å². The molecule has 0 aliphatic carbocycles. The smallest absolute Gasteiger partial charge is 0.422 e. The second-order valence-electron chi connectivity index (χ2n) is 7.87. The Morgan fingerprint density at radius 3 is 2.56 bits per heavy atom. The molecule has 8 heteroatoms. The van der Waals surface area contributed by atoms with E-state index >= 15 is 0 Å². The van der Waals surface area contributed by atoms with Gasteiger partial charge in [-0.25, -0.2) is 9.78 Å². The van der Waals surface area contributed by atoms with E-state index in [1.54, 1.807) is 11.0 Å². The average Bonchev–Trinajstić information content (AvgIpc) is 2.82. The van der Waals surface area contributed by atoms with Crippen LogP contribution in [0.25, 0.3) is 5.57 Å². The van der Waals surface area contributed by atoms with Gasteiger partial charge in [-0.3, -0.25) is 4.90 Å². The summed E-state index contributed by atoms with van der Waals surface area (Å²) in [6, 6.07) is 3.16. The van der Waals surface area contributed by atoms with Crippen LogP contribution in [0.3, 0.4) is 0 Å². The van der Waals surface area contributed by atoms with Crippen LogP contribution in [-0.2, 0) is 4.74 Å². The Morgan fingerprint density at radius 2 is 2.00 bits per heavy atom. The van der Waals surface area contributed by atoms with Crippen LogP contribution >= 0.6 is 0 Å². The number of pyridine rings is 1. The number of aromatic nitrogens is 1. The van der Waals surface area contributed by atoms with Crippen molar-refractivity contribution in [2.45, 2.75) is 63.9 Å². The van der Waals surface area contributed by atoms with Crippen molar-refractivity contribution in [2.24, 2.45) is 0 Å². The van der Waals surface area contributed by atoms with Crippen LogP contribution in [0, 0.1) is 0 Å². The van der Waals surface area contributed by atoms with E-state index < -0.39 is 18.4 Å². The molecule has 1 amide bonds. The van der Waals surface area contributed by atoms with Crippen LogP contribution < -0.4 is 4.74 Å². The van der Waals surface area contributed by atoms with Crippen LogP contribution in [0.1, 0.15) is 45.6 Å². The van der Waals surface area contributed by atoms with Crippen LogP contribution in [-0.4, -0.2) is 46.4 Å². The number of nitrogens with zero attached hydrogens (tertiary/aromatic N) is 2. The van der Waals surface area contributed by atoms with Crippen LogP contribution in [0.2, 0.25) is 0 Å². The molecule has 0 radical (unpaired) electrons. The Balaban J connectivity index is 1.69. The monoisotopic (exact) mass is 384 g/mol. The highest BCUT2D eigenvalue weighted by Gasteiger charge is 2.41. The summed E-state index contributed by atoms with van der Waals surface area (Å²) in [4.78, 5) is 18.2. The second kappa shape index (κ2) is 7.05. The van der Waals surface area contributed by atoms with Crippen molar-refractivity contribution in [1.29, 1.82) is 0 Å². The Hall–Kier alpha value is -2.25. The summed E-state index contributed by atoms with van der Waals surface area (Å²) in [6.07, 6.45) is 1.27. The highest BCUT2D eigenvalue weighted by atomic mass is 19.4. The third kappa shape index (κ3) is 4.93. The largest absolute Gasteiger partial charge is 0.468 e. The fraction of sp³-hybridized carbons (Fsp3) is 0.579. The first kappa shape index (κ1) is 19.5. The third-order valence-corrected chi connectivity index (χ3v) is 4.49. The van der Waals surface area contributed by atoms with Gasteiger partial charge >= 0.3 is 12.3 Å². The maximum Gasteiger partial charge on any atom is 0.422 e. The van der Waals surface area contributed by atoms with Crippen molar-refractivity contribution < 1.29 is 27.4 Å². The summed E-state index contributed by atoms with van der Waals surface area (Å²) in [5, 5.41) is 0. The van der Waals surface area contributed by atoms with Crippen molar-refractivity contribution in [2.75, 3.05) is 6.61 Å². The summed E-state index contributed by atoms with van der Waals surface area (Å²) in [5.41, 5.74) is 1.32. The first-order chi connectivity index (χ1) is 12.5. The van der Waals surface area contributed by atoms with Gasteiger partial charge in [-0.05, 0) is 57.2 Å². The quantitative estimate of drug-likeness (QED) is 0.766. The molecule has 2 aliphatic heterocycles. The van der Waals surface area contributed by atoms with Crippen LogP contribution in [0.15, 0.2) is 24.4 Å². The highest BCUT2D eigenvalue weighted by molar-refractivity contribution is 5.75. The van der Waals surface area contributed by atoms with E-state index in [-0.39, 0.29) is 24.1 Å². The van der Waals surface area contributed by atoms with E-state index in [4.69, 9.17) is 4.74 Å². The zero-order chi connectivity index (χ0) is 19.8. The summed E-state index contributed by atoms with van der Waals surface area (Å²) >= 11 is 0. The number of hydrogen-bond donors (Lipinski definition) is 0. The first-order valence-corrected chi connectivity index (χ1v) is 8.90. The predicted molar refractivity (Wildman–Crippen MR) is 93.3 cm³/mol. The van der Waals surface area contributed by atoms with E-state index in [9.17, 15) is 18.0 Å². The standard InChI is InChI=1S/C19H23F3N2O3/c1-18(2,3)27-17(25)24-14-5-6-15(24)9-13(8-14)12-4-7-16(23-10-12)26-11-19(20,21)22/h4,7-8,10,14-15H,5-6,9,11H2,1-3H3. The molecule has 3 rings (SSSR count). The summed E-state index contributed by atoms with van der Waals surface area (Å²) < 4.78 is 46.8. The van der Waals surface area contributed by atoms with Gasteiger partial charge in [-0.2, -0.15) is 13.2 Å². The minimum Gasteiger partial charge on any atom is -0.468 e. The average molecular weight is 384 g/mol. The number of halogens is 3. The van der Waals surface area contributed by atoms with Gasteiger partial charge in [0.1, 0.15) is 5.60 Å². The molecule has 3 heterocycles. The highest BCUT2D eigenvalue weighted by Crippen LogP contribution is 2.39. The summed E-state index contributed by atoms with van der Waals surface area (Å²) in [5.74, 6) is -0.0640. The molecule has 0 spiro atoms. The van der Waals surface area contributed by atoms with Crippen molar-refractivity contribution >= 4 is 11.7 Å². The molecule has 0 aromatic carbocycles. The SMILES string of the molecule is CC(C)(C)OC(=O)N1C2C=C(c3ccc(OCC(F)(F)F)nc3)CC1CC2. The van der Waals surface area contributed by atoms with Crippen molar-refractivity contribution in [1.82, 2.24) is 9.88 Å². The molecule has 2 bridgehead atoms. The normalized spacial score (nSPS) is 22.4. The predicted octanol–water partition coefficient (Wildman–Crippen LogP) is 4.58. The number of fused-ring (bicyclic) bond motifs is 2. The zero-order valence-corrected chi connectivity index (χ0v) is 15.5. The number of alkyl halides is 3. The number of carbonyl (C=O) groups excluding carboxylic acids is 1. The van der Waals surface area contributed by atoms with Crippen LogP contribution in [0.5, 0.6) is 5.88 Å². The van der Waals surface area contributed by atoms with Gasteiger partial charge in [0.15, 0.2) is 6.61 Å². The molecular weight excluding hydrogens is 361 g/mol. The van der Waals surface area contributed by atoms with Gasteiger partial charge in [0.05, 0.1) is 6.04 Å². The Bertz CT molecular complexity index is 723. The maximum absolute atomic E-state index is 12.5. The summed E-state index contributed by atoms with van der Waals surface area (Å²) in [7, 11) is 0. The molecule has 148 valence electrons. The van der Waals surface area contributed by atoms with Gasteiger partial charge in [0.25, 0.3) is 0 Å². The minimum atomic E-state index is -4.39. The van der Waals surface area contributed by atoms with Crippen molar-refractivity contribution in [3.05, 3.63) is 30.0 Å². The number of amides is 1. The zero-order valence-electron chi connectivity index (χ0n) is 15.5. The number of hydrogen-bond acceptors (Lipinski definition) is 4. The maximum atomic E-state index is 12.5. The van der Waals surface area contributed by atoms with Crippen LogP contribution in [0.4, 0.5) is 18.0 Å². The Morgan fingerprint density at radius 1 is 1.26 bits per heavy atom. The fourth-order valence-corrected chi connectivity index (χ4v) is 3.45. The molecular formula is C19H23F3N2O3. The van der Waals surface area contributed by atoms with Gasteiger partial charge in [0.2, 0.25) is 5.88 Å². The Kier molecular flexibility index (Phi) is 5.10. The summed E-state index contributed by atoms with van der Waals surface area (Å²) in [6.45, 7) is 4.15. The molecule has 27 heavy (non-hydrogen) atoms. The lowest BCUT2D eigenvalue weighted by atomic mass is 9.96. The molecule has 1 saturated heterocycles. The van der Waals surface area contributed by atoms with E-state index in [1.165, 1.54) is 12.3 Å². The lowest BCUT2D eigenvalue weighted by Crippen LogP contribution is -2.45. The topological polar surface area (TPSA) is 51.7 Å². The van der Waals surface area contributed by atoms with Crippen molar-refractivity contribution in [3.63, 3.8) is 0 Å². The molecule has 0 N–H and O–H groups in total. The van der Waals surface area contributed by atoms with E-state index in [2.05, 4.69) is 9.72 Å². The second-order valence-corrected chi connectivity index (χ2v) is 7.87. The molecule has 2 aliphatic rings. The fourth-order valence-electron chi connectivity index (χ4n) is 3.45. The molecule has 5 nitrogen and oxygen atoms in total. The van der Waals surface area contributed by atoms with E-state index in [0.717, 1.165) is 24.0 Å². The molecule has 1 fully saturated rings. The molecule has 0 saturated carbocycles. The lowest BCUT2D eigenvalue weighted by Gasteiger charge is -2.35. The minimum absolute atomic E-state index is 0.0326. The first-order valence-electron chi connectivity index (χ1n) is 8.90. The lowest BCUT2D eigenvalue weighted by molar-refractivity contribution is -0.154. The van der Waals surface area contributed by atoms with Crippen molar-refractivity contribution in [3.8, 4) is 5.88 Å². The van der Waals surface area contributed by atoms with Gasteiger partial charge in [-0.15, -0.1) is 0 Å². The van der Waals surface area contributed by atoms with E-state index in [0.29, 0.717) is 6.42 Å². The molecule has 2 atom stereocenters. The number of ether oxygens (including phenoxy) is 2. The molecule has 1 aromatic rings. The van der Waals surface area contributed by atoms with Gasteiger partial charge < -0.3 is 9.47 Å². The third-order valence-electron chi connectivity index (χ3n) is 4.49. The molecule has 2 unspecified atom stereocenters. The van der Waals surface area contributed by atoms with E-state index in [1.807, 2.05) is 26.8 Å². The Labute approximate surface area is 156 Å². The number of carbonyl (C=O) groups is 1. The van der Waals surface area contributed by atoms with Gasteiger partial charge in [-0.1, -0.05) is 6.08 Å².